The average Bonchev–Trinajstić information content (AvgIpc) is 3.70. The van der Waals surface area contributed by atoms with E-state index < -0.39 is 12.1 Å². The van der Waals surface area contributed by atoms with E-state index in [1.165, 1.54) is 11.5 Å². The number of rotatable bonds is 16. The first-order valence-electron chi connectivity index (χ1n) is 20.7. The number of hydrogen-bond acceptors (Lipinski definition) is 12. The summed E-state index contributed by atoms with van der Waals surface area (Å²) in [6.45, 7) is 9.74. The van der Waals surface area contributed by atoms with Gasteiger partial charge in [-0.05, 0) is 85.4 Å². The van der Waals surface area contributed by atoms with Crippen LogP contribution in [0.5, 0.6) is 17.4 Å². The molecular formula is C48H49ClN6O6S. The number of pyridine rings is 1. The number of piperazine rings is 1. The molecule has 3 aromatic carbocycles. The fourth-order valence-corrected chi connectivity index (χ4v) is 8.90. The molecule has 0 radical (unpaired) electrons. The molecule has 0 bridgehead atoms. The van der Waals surface area contributed by atoms with Gasteiger partial charge < -0.3 is 29.0 Å². The zero-order valence-electron chi connectivity index (χ0n) is 35.3. The number of carboxylic acid groups (broad SMARTS) is 1. The van der Waals surface area contributed by atoms with Gasteiger partial charge in [0, 0.05) is 69.1 Å². The number of benzene rings is 3. The molecule has 0 spiro atoms. The van der Waals surface area contributed by atoms with Crippen LogP contribution in [0.3, 0.4) is 0 Å². The average molecular weight is 873 g/mol. The van der Waals surface area contributed by atoms with Crippen molar-refractivity contribution in [2.45, 2.75) is 45.8 Å². The summed E-state index contributed by atoms with van der Waals surface area (Å²) in [6.07, 6.45) is 3.43. The van der Waals surface area contributed by atoms with Gasteiger partial charge in [-0.2, -0.15) is 4.37 Å². The standard InChI is InChI=1S/C48H49ClN6O6S/c1-30-11-5-7-13-34(30)45-42(35-17-18-39(44(49)31(35)2)59-26-25-55-23-21-54(3)22-24-55)43-41(28-51-45)62-53-47(43)61-40(48(56)57)27-32-12-6-9-15-37(32)60-29-33-19-20-50-46(52-33)36-14-8-10-16-38(36)58-4/h5-16,19-20,28,40H,17-18,21-27,29H2,1-4H3,(H,56,57)/t40-/m1/s1. The van der Waals surface area contributed by atoms with E-state index in [1.807, 2.05) is 73.7 Å². The van der Waals surface area contributed by atoms with E-state index in [4.69, 9.17) is 44.9 Å². The predicted molar refractivity (Wildman–Crippen MR) is 243 cm³/mol. The van der Waals surface area contributed by atoms with Crippen molar-refractivity contribution in [2.75, 3.05) is 53.5 Å². The summed E-state index contributed by atoms with van der Waals surface area (Å²) < 4.78 is 30.1. The fraction of sp³-hybridized carbons (Fsp3) is 0.312. The predicted octanol–water partition coefficient (Wildman–Crippen LogP) is 9.07. The topological polar surface area (TPSA) is 132 Å². The number of nitrogens with zero attached hydrogens (tertiary/aromatic N) is 6. The van der Waals surface area contributed by atoms with Crippen molar-refractivity contribution in [1.82, 2.24) is 29.1 Å². The zero-order valence-corrected chi connectivity index (χ0v) is 36.8. The van der Waals surface area contributed by atoms with E-state index in [2.05, 4.69) is 34.8 Å². The van der Waals surface area contributed by atoms with Crippen LogP contribution >= 0.6 is 23.1 Å². The van der Waals surface area contributed by atoms with Crippen molar-refractivity contribution in [1.29, 1.82) is 0 Å². The Balaban J connectivity index is 1.08. The van der Waals surface area contributed by atoms with Crippen LogP contribution in [-0.2, 0) is 22.6 Å². The lowest BCUT2D eigenvalue weighted by Gasteiger charge is -2.32. The third-order valence-electron chi connectivity index (χ3n) is 11.4. The molecule has 1 atom stereocenters. The second-order valence-electron chi connectivity index (χ2n) is 15.5. The number of aryl methyl sites for hydroxylation is 1. The van der Waals surface area contributed by atoms with Crippen molar-refractivity contribution in [3.63, 3.8) is 0 Å². The van der Waals surface area contributed by atoms with E-state index in [1.54, 1.807) is 25.6 Å². The molecule has 3 aromatic heterocycles. The number of fused-ring (bicyclic) bond motifs is 1. The number of para-hydroxylation sites is 2. The summed E-state index contributed by atoms with van der Waals surface area (Å²) in [6, 6.07) is 24.8. The van der Waals surface area contributed by atoms with Crippen LogP contribution in [0.15, 0.2) is 108 Å². The number of aromatic nitrogens is 4. The van der Waals surface area contributed by atoms with Gasteiger partial charge >= 0.3 is 5.97 Å². The molecule has 1 aliphatic carbocycles. The van der Waals surface area contributed by atoms with Crippen LogP contribution in [0.2, 0.25) is 0 Å². The molecule has 1 N–H and O–H groups in total. The van der Waals surface area contributed by atoms with E-state index >= 15 is 0 Å². The number of likely N-dealkylation sites (N-methyl/N-ethyl adjacent to an activating group) is 1. The van der Waals surface area contributed by atoms with Crippen molar-refractivity contribution in [3.8, 4) is 40.0 Å². The molecule has 320 valence electrons. The van der Waals surface area contributed by atoms with Crippen molar-refractivity contribution < 1.29 is 28.8 Å². The molecule has 14 heteroatoms. The summed E-state index contributed by atoms with van der Waals surface area (Å²) in [7, 11) is 3.76. The quantitative estimate of drug-likeness (QED) is 0.0995. The second kappa shape index (κ2) is 19.5. The van der Waals surface area contributed by atoms with Gasteiger partial charge in [0.25, 0.3) is 0 Å². The number of hydrogen-bond donors (Lipinski definition) is 1. The van der Waals surface area contributed by atoms with Crippen LogP contribution in [0, 0.1) is 6.92 Å². The molecule has 0 amide bonds. The maximum Gasteiger partial charge on any atom is 0.345 e. The highest BCUT2D eigenvalue weighted by atomic mass is 35.5. The van der Waals surface area contributed by atoms with E-state index in [0.717, 1.165) is 82.3 Å². The van der Waals surface area contributed by atoms with E-state index in [-0.39, 0.29) is 18.9 Å². The van der Waals surface area contributed by atoms with Crippen LogP contribution in [-0.4, -0.2) is 99.8 Å². The van der Waals surface area contributed by atoms with Crippen LogP contribution in [0.1, 0.15) is 42.1 Å². The third-order valence-corrected chi connectivity index (χ3v) is 12.7. The minimum atomic E-state index is -1.30. The number of methoxy groups -OCH3 is 1. The molecule has 0 unspecified atom stereocenters. The molecule has 8 rings (SSSR count). The number of aliphatic carboxylic acids is 1. The van der Waals surface area contributed by atoms with Gasteiger partial charge in [-0.3, -0.25) is 9.88 Å². The lowest BCUT2D eigenvalue weighted by Crippen LogP contribution is -2.45. The smallest absolute Gasteiger partial charge is 0.345 e. The number of carboxylic acids is 1. The maximum absolute atomic E-state index is 13.1. The van der Waals surface area contributed by atoms with E-state index in [0.29, 0.717) is 58.4 Å². The molecule has 1 aliphatic heterocycles. The SMILES string of the molecule is COc1ccccc1-c1nccc(COc2ccccc2C[C@@H](Oc2nsc3cnc(-c4ccccc4C)c(C4=C(C)C(Cl)=C(OCCN5CCN(C)CC5)CC4)c23)C(=O)O)n1. The highest BCUT2D eigenvalue weighted by Gasteiger charge is 2.30. The monoisotopic (exact) mass is 872 g/mol. The lowest BCUT2D eigenvalue weighted by atomic mass is 9.86. The summed E-state index contributed by atoms with van der Waals surface area (Å²) in [5.41, 5.74) is 7.53. The Morgan fingerprint density at radius 1 is 0.903 bits per heavy atom. The molecule has 62 heavy (non-hydrogen) atoms. The Bertz CT molecular complexity index is 2640. The Labute approximate surface area is 370 Å². The minimum absolute atomic E-state index is 0.0109. The van der Waals surface area contributed by atoms with E-state index in [9.17, 15) is 9.90 Å². The summed E-state index contributed by atoms with van der Waals surface area (Å²) >= 11 is 8.39. The maximum atomic E-state index is 13.1. The van der Waals surface area contributed by atoms with Crippen molar-refractivity contribution >= 4 is 44.8 Å². The number of carbonyl (C=O) groups is 1. The molecule has 4 heterocycles. The number of ether oxygens (including phenoxy) is 4. The first-order chi connectivity index (χ1) is 30.2. The molecule has 0 saturated carbocycles. The Hall–Kier alpha value is -5.86. The molecule has 1 fully saturated rings. The summed E-state index contributed by atoms with van der Waals surface area (Å²) in [5, 5.41) is 11.9. The first kappa shape index (κ1) is 42.8. The van der Waals surface area contributed by atoms with Crippen LogP contribution in [0.4, 0.5) is 0 Å². The highest BCUT2D eigenvalue weighted by Crippen LogP contribution is 2.47. The van der Waals surface area contributed by atoms with Crippen molar-refractivity contribution in [2.24, 2.45) is 0 Å². The van der Waals surface area contributed by atoms with Gasteiger partial charge in [-0.25, -0.2) is 14.8 Å². The Kier molecular flexibility index (Phi) is 13.4. The van der Waals surface area contributed by atoms with Gasteiger partial charge in [0.15, 0.2) is 5.82 Å². The van der Waals surface area contributed by atoms with Crippen molar-refractivity contribution in [3.05, 3.63) is 130 Å². The molecule has 12 nitrogen and oxygen atoms in total. The number of halogens is 1. The van der Waals surface area contributed by atoms with Gasteiger partial charge in [0.05, 0.1) is 39.2 Å². The normalized spacial score (nSPS) is 15.5. The zero-order chi connectivity index (χ0) is 43.2. The van der Waals surface area contributed by atoms with Gasteiger partial charge in [-0.1, -0.05) is 66.2 Å². The Morgan fingerprint density at radius 3 is 2.42 bits per heavy atom. The van der Waals surface area contributed by atoms with Gasteiger partial charge in [0.1, 0.15) is 30.5 Å². The third kappa shape index (κ3) is 9.46. The van der Waals surface area contributed by atoms with Crippen LogP contribution in [0.25, 0.3) is 38.3 Å². The number of allylic oxidation sites excluding steroid dienone is 4. The van der Waals surface area contributed by atoms with Crippen LogP contribution < -0.4 is 14.2 Å². The highest BCUT2D eigenvalue weighted by molar-refractivity contribution is 7.13. The molecule has 2 aliphatic rings. The largest absolute Gasteiger partial charge is 0.496 e. The summed E-state index contributed by atoms with van der Waals surface area (Å²) in [4.78, 5) is 32.0. The lowest BCUT2D eigenvalue weighted by molar-refractivity contribution is -0.145. The fourth-order valence-electron chi connectivity index (χ4n) is 7.94. The Morgan fingerprint density at radius 2 is 1.65 bits per heavy atom. The molecule has 6 aromatic rings. The summed E-state index contributed by atoms with van der Waals surface area (Å²) in [5.74, 6) is 1.56. The second-order valence-corrected chi connectivity index (χ2v) is 16.7. The van der Waals surface area contributed by atoms with Gasteiger partial charge in [0.2, 0.25) is 12.0 Å². The van der Waals surface area contributed by atoms with Gasteiger partial charge in [-0.15, -0.1) is 0 Å². The minimum Gasteiger partial charge on any atom is -0.496 e. The first-order valence-corrected chi connectivity index (χ1v) is 21.9. The molecule has 1 saturated heterocycles. The molecular weight excluding hydrogens is 824 g/mol.